The van der Waals surface area contributed by atoms with E-state index < -0.39 is 43.9 Å². The van der Waals surface area contributed by atoms with Gasteiger partial charge in [-0.3, -0.25) is 19.2 Å². The molecule has 0 radical (unpaired) electrons. The molecule has 3 aromatic rings. The van der Waals surface area contributed by atoms with E-state index in [0.717, 1.165) is 13.5 Å². The second-order valence-corrected chi connectivity index (χ2v) is 7.59. The van der Waals surface area contributed by atoms with Crippen molar-refractivity contribution in [1.82, 2.24) is 29.5 Å². The molecule has 9 nitrogen and oxygen atoms in total. The number of carbonyl (C=O) groups is 1. The zero-order valence-corrected chi connectivity index (χ0v) is 19.0. The lowest BCUT2D eigenvalue weighted by Gasteiger charge is -2.31. The van der Waals surface area contributed by atoms with Crippen LogP contribution in [0, 0.1) is 0 Å². The number of aromatic nitrogens is 4. The molecule has 176 valence electrons. The van der Waals surface area contributed by atoms with E-state index in [1.807, 2.05) is 6.92 Å². The Morgan fingerprint density at radius 2 is 1.97 bits per heavy atom. The lowest BCUT2D eigenvalue weighted by atomic mass is 10.0. The normalized spacial score (nSPS) is 25.0. The molecule has 0 spiro atoms. The third-order valence-corrected chi connectivity index (χ3v) is 5.11. The number of hydrogen-bond acceptors (Lipinski definition) is 7. The first-order valence-electron chi connectivity index (χ1n) is 14.7. The van der Waals surface area contributed by atoms with Gasteiger partial charge in [-0.2, -0.15) is 5.10 Å². The summed E-state index contributed by atoms with van der Waals surface area (Å²) in [5, 5.41) is 4.41. The number of aryl methyl sites for hydroxylation is 2. The largest absolute Gasteiger partial charge is 0.493 e. The third-order valence-electron chi connectivity index (χ3n) is 5.11. The summed E-state index contributed by atoms with van der Waals surface area (Å²) in [5.74, 6) is -0.413. The fourth-order valence-corrected chi connectivity index (χ4v) is 3.59. The Kier molecular flexibility index (Phi) is 4.47. The third kappa shape index (κ3) is 4.84. The van der Waals surface area contributed by atoms with Gasteiger partial charge in [-0.15, -0.1) is 0 Å². The Hall–Kier alpha value is -3.04. The van der Waals surface area contributed by atoms with Gasteiger partial charge < -0.3 is 14.6 Å². The maximum absolute atomic E-state index is 13.5. The number of likely N-dealkylation sites (N-methyl/N-ethyl adjacent to an activating group) is 1. The maximum Gasteiger partial charge on any atom is 0.277 e. The van der Waals surface area contributed by atoms with Crippen LogP contribution >= 0.6 is 0 Å². The Balaban J connectivity index is 1.81. The summed E-state index contributed by atoms with van der Waals surface area (Å²) in [6.45, 7) is -9.14. The van der Waals surface area contributed by atoms with Crippen LogP contribution in [-0.2, 0) is 13.5 Å². The monoisotopic (exact) mass is 460 g/mol. The number of aromatic amines is 1. The van der Waals surface area contributed by atoms with E-state index in [2.05, 4.69) is 15.1 Å². The molecule has 0 amide bonds. The van der Waals surface area contributed by atoms with Gasteiger partial charge in [-0.25, -0.2) is 4.98 Å². The standard InChI is InChI=1S/C24H32N6O3/c1-5-7-18-21-22(29(4)27-18)24(32)26-23(25-21)17-14-16(8-9-20(17)33-6-2)19(31)15-30-12-10-28(3)11-13-30/h8-9,14H,5-7,10-13,15H2,1-4H3,(H,25,26,32)/i10D2,11D2,12D2,13D2. The quantitative estimate of drug-likeness (QED) is 0.514. The Morgan fingerprint density at radius 3 is 2.67 bits per heavy atom. The molecule has 1 fully saturated rings. The van der Waals surface area contributed by atoms with Crippen LogP contribution in [0.3, 0.4) is 0 Å². The highest BCUT2D eigenvalue weighted by atomic mass is 16.5. The summed E-state index contributed by atoms with van der Waals surface area (Å²) in [6, 6.07) is 4.22. The van der Waals surface area contributed by atoms with E-state index in [1.165, 1.54) is 22.9 Å². The second kappa shape index (κ2) is 9.84. The molecule has 0 saturated carbocycles. The van der Waals surface area contributed by atoms with Crippen molar-refractivity contribution in [1.29, 1.82) is 0 Å². The van der Waals surface area contributed by atoms with Crippen molar-refractivity contribution in [2.24, 2.45) is 7.05 Å². The van der Waals surface area contributed by atoms with E-state index in [4.69, 9.17) is 15.7 Å². The number of benzene rings is 1. The number of fused-ring (bicyclic) bond motifs is 1. The molecule has 0 atom stereocenters. The van der Waals surface area contributed by atoms with Gasteiger partial charge in [0, 0.05) is 49.6 Å². The molecule has 0 unspecified atom stereocenters. The Bertz CT molecular complexity index is 1530. The van der Waals surface area contributed by atoms with Crippen molar-refractivity contribution in [3.8, 4) is 17.1 Å². The number of nitrogens with zero attached hydrogens (tertiary/aromatic N) is 5. The van der Waals surface area contributed by atoms with Crippen LogP contribution in [0.2, 0.25) is 0 Å². The van der Waals surface area contributed by atoms with Crippen LogP contribution in [0.4, 0.5) is 0 Å². The van der Waals surface area contributed by atoms with Gasteiger partial charge in [-0.1, -0.05) is 13.3 Å². The number of ketones is 1. The minimum atomic E-state index is -3.09. The topological polar surface area (TPSA) is 96.3 Å². The molecule has 1 saturated heterocycles. The molecular weight excluding hydrogens is 420 g/mol. The number of rotatable bonds is 8. The molecule has 1 N–H and O–H groups in total. The van der Waals surface area contributed by atoms with E-state index in [0.29, 0.717) is 28.3 Å². The molecule has 3 heterocycles. The molecule has 1 aliphatic heterocycles. The van der Waals surface area contributed by atoms with Crippen molar-refractivity contribution in [2.75, 3.05) is 46.2 Å². The van der Waals surface area contributed by atoms with Gasteiger partial charge in [0.15, 0.2) is 11.3 Å². The van der Waals surface area contributed by atoms with Crippen molar-refractivity contribution in [3.05, 3.63) is 39.8 Å². The van der Waals surface area contributed by atoms with Crippen molar-refractivity contribution in [2.45, 2.75) is 26.7 Å². The Morgan fingerprint density at radius 1 is 1.21 bits per heavy atom. The minimum absolute atomic E-state index is 0.0298. The smallest absolute Gasteiger partial charge is 0.277 e. The fraction of sp³-hybridized carbons (Fsp3) is 0.500. The van der Waals surface area contributed by atoms with Gasteiger partial charge in [0.1, 0.15) is 17.1 Å². The van der Waals surface area contributed by atoms with E-state index >= 15 is 0 Å². The lowest BCUT2D eigenvalue weighted by molar-refractivity contribution is 0.0876. The van der Waals surface area contributed by atoms with Crippen LogP contribution < -0.4 is 10.3 Å². The SMILES string of the molecule is [2H]C1([2H])N(C)C([2H])([2H])C([2H])([2H])N(CC(=O)c2ccc(OCC)c(-c3nc4c(CCC)nn(C)c4c(=O)[nH]3)c2)C1([2H])[2H]. The van der Waals surface area contributed by atoms with Gasteiger partial charge in [0.25, 0.3) is 5.56 Å². The van der Waals surface area contributed by atoms with Crippen LogP contribution in [0.5, 0.6) is 5.75 Å². The highest BCUT2D eigenvalue weighted by molar-refractivity contribution is 5.99. The van der Waals surface area contributed by atoms with Crippen molar-refractivity contribution >= 4 is 16.8 Å². The highest BCUT2D eigenvalue weighted by Crippen LogP contribution is 2.30. The van der Waals surface area contributed by atoms with Crippen LogP contribution in [-0.4, -0.2) is 81.5 Å². The van der Waals surface area contributed by atoms with E-state index in [-0.39, 0.29) is 34.0 Å². The molecule has 9 heteroatoms. The predicted octanol–water partition coefficient (Wildman–Crippen LogP) is 2.10. The maximum atomic E-state index is 13.5. The fourth-order valence-electron chi connectivity index (χ4n) is 3.59. The summed E-state index contributed by atoms with van der Waals surface area (Å²) in [6.07, 6.45) is 1.35. The van der Waals surface area contributed by atoms with Gasteiger partial charge >= 0.3 is 0 Å². The average molecular weight is 461 g/mol. The van der Waals surface area contributed by atoms with Gasteiger partial charge in [-0.05, 0) is 38.6 Å². The number of carbonyl (C=O) groups excluding carboxylic acids is 1. The summed E-state index contributed by atoms with van der Waals surface area (Å²) in [5.41, 5.74) is 1.08. The first-order chi connectivity index (χ1) is 18.9. The first-order valence-corrected chi connectivity index (χ1v) is 10.7. The summed E-state index contributed by atoms with van der Waals surface area (Å²) >= 11 is 0. The van der Waals surface area contributed by atoms with Crippen molar-refractivity contribution in [3.63, 3.8) is 0 Å². The molecule has 1 aliphatic rings. The molecule has 0 aliphatic carbocycles. The number of ether oxygens (including phenoxy) is 1. The molecule has 4 rings (SSSR count). The van der Waals surface area contributed by atoms with Gasteiger partial charge in [0.2, 0.25) is 0 Å². The second-order valence-electron chi connectivity index (χ2n) is 7.59. The van der Waals surface area contributed by atoms with E-state index in [1.54, 1.807) is 14.0 Å². The minimum Gasteiger partial charge on any atom is -0.493 e. The molecule has 0 bridgehead atoms. The van der Waals surface area contributed by atoms with E-state index in [9.17, 15) is 9.59 Å². The summed E-state index contributed by atoms with van der Waals surface area (Å²) in [4.78, 5) is 34.5. The average Bonchev–Trinajstić information content (AvgIpc) is 3.21. The number of hydrogen-bond donors (Lipinski definition) is 1. The first kappa shape index (κ1) is 15.0. The lowest BCUT2D eigenvalue weighted by Crippen LogP contribution is -2.46. The summed E-state index contributed by atoms with van der Waals surface area (Å²) < 4.78 is 73.4. The molecule has 33 heavy (non-hydrogen) atoms. The zero-order valence-electron chi connectivity index (χ0n) is 27.0. The van der Waals surface area contributed by atoms with Crippen molar-refractivity contribution < 1.29 is 20.5 Å². The molecular formula is C24H32N6O3. The molecule has 2 aromatic heterocycles. The number of H-pyrrole nitrogens is 1. The Labute approximate surface area is 204 Å². The van der Waals surface area contributed by atoms with Crippen LogP contribution in [0.15, 0.2) is 23.0 Å². The number of nitrogens with one attached hydrogen (secondary N) is 1. The summed E-state index contributed by atoms with van der Waals surface area (Å²) in [7, 11) is 2.59. The van der Waals surface area contributed by atoms with Crippen LogP contribution in [0.1, 0.15) is 47.3 Å². The highest BCUT2D eigenvalue weighted by Gasteiger charge is 2.21. The molecule has 1 aromatic carbocycles. The van der Waals surface area contributed by atoms with Crippen LogP contribution in [0.25, 0.3) is 22.4 Å². The van der Waals surface area contributed by atoms with Gasteiger partial charge in [0.05, 0.1) is 24.4 Å². The predicted molar refractivity (Wildman–Crippen MR) is 128 cm³/mol. The number of Topliss-reactive ketones (excluding diaryl/α,β-unsaturated/α-hetero) is 1. The zero-order chi connectivity index (χ0) is 30.7. The number of piperazine rings is 1.